The first-order valence-corrected chi connectivity index (χ1v) is 7.73. The predicted molar refractivity (Wildman–Crippen MR) is 83.2 cm³/mol. The standard InChI is InChI=1S/C16H22F3N3O2/c1-3-8-20-14(23)9-21-15(24)11-22(2)10-12-4-6-13(7-5-12)16(17,18)19/h4-7H,3,8-11H2,1-2H3,(H,20,23)(H,21,24)/p+1. The summed E-state index contributed by atoms with van der Waals surface area (Å²) in [5.74, 6) is -0.531. The van der Waals surface area contributed by atoms with Crippen LogP contribution in [0, 0.1) is 0 Å². The molecular weight excluding hydrogens is 323 g/mol. The smallest absolute Gasteiger partial charge is 0.355 e. The summed E-state index contributed by atoms with van der Waals surface area (Å²) in [5, 5.41) is 5.16. The van der Waals surface area contributed by atoms with Crippen LogP contribution in [0.2, 0.25) is 0 Å². The minimum absolute atomic E-state index is 0.0770. The molecule has 2 amide bonds. The second kappa shape index (κ2) is 9.27. The summed E-state index contributed by atoms with van der Waals surface area (Å²) in [6.07, 6.45) is -3.53. The van der Waals surface area contributed by atoms with E-state index in [0.717, 1.165) is 23.5 Å². The van der Waals surface area contributed by atoms with E-state index >= 15 is 0 Å². The highest BCUT2D eigenvalue weighted by molar-refractivity contribution is 5.84. The van der Waals surface area contributed by atoms with Crippen molar-refractivity contribution in [3.8, 4) is 0 Å². The van der Waals surface area contributed by atoms with Crippen molar-refractivity contribution in [3.63, 3.8) is 0 Å². The van der Waals surface area contributed by atoms with E-state index < -0.39 is 11.7 Å². The fraction of sp³-hybridized carbons (Fsp3) is 0.500. The van der Waals surface area contributed by atoms with Crippen molar-refractivity contribution in [2.45, 2.75) is 26.1 Å². The van der Waals surface area contributed by atoms with Crippen molar-refractivity contribution in [2.75, 3.05) is 26.7 Å². The van der Waals surface area contributed by atoms with Gasteiger partial charge >= 0.3 is 6.18 Å². The van der Waals surface area contributed by atoms with E-state index in [9.17, 15) is 22.8 Å². The van der Waals surface area contributed by atoms with E-state index in [0.29, 0.717) is 18.7 Å². The number of rotatable bonds is 8. The van der Waals surface area contributed by atoms with Crippen LogP contribution in [0.25, 0.3) is 0 Å². The Hall–Kier alpha value is -2.09. The molecule has 1 atom stereocenters. The monoisotopic (exact) mass is 346 g/mol. The zero-order valence-corrected chi connectivity index (χ0v) is 13.8. The van der Waals surface area contributed by atoms with Gasteiger partial charge in [0.1, 0.15) is 6.54 Å². The summed E-state index contributed by atoms with van der Waals surface area (Å²) in [5.41, 5.74) is 0.00808. The van der Waals surface area contributed by atoms with Gasteiger partial charge in [0.15, 0.2) is 6.54 Å². The lowest BCUT2D eigenvalue weighted by molar-refractivity contribution is -0.885. The number of hydrogen-bond acceptors (Lipinski definition) is 2. The normalized spacial score (nSPS) is 12.5. The van der Waals surface area contributed by atoms with Gasteiger partial charge in [0.05, 0.1) is 19.2 Å². The number of alkyl halides is 3. The summed E-state index contributed by atoms with van der Waals surface area (Å²) < 4.78 is 37.5. The van der Waals surface area contributed by atoms with Crippen LogP contribution in [0.5, 0.6) is 0 Å². The maximum absolute atomic E-state index is 12.5. The third-order valence-electron chi connectivity index (χ3n) is 3.27. The fourth-order valence-electron chi connectivity index (χ4n) is 2.06. The lowest BCUT2D eigenvalue weighted by Crippen LogP contribution is -3.08. The van der Waals surface area contributed by atoms with Gasteiger partial charge < -0.3 is 15.5 Å². The summed E-state index contributed by atoms with van der Waals surface area (Å²) in [6.45, 7) is 2.95. The molecule has 0 spiro atoms. The summed E-state index contributed by atoms with van der Waals surface area (Å²) in [7, 11) is 1.76. The van der Waals surface area contributed by atoms with E-state index in [2.05, 4.69) is 10.6 Å². The molecule has 24 heavy (non-hydrogen) atoms. The largest absolute Gasteiger partial charge is 0.416 e. The van der Waals surface area contributed by atoms with Gasteiger partial charge in [-0.05, 0) is 18.6 Å². The van der Waals surface area contributed by atoms with Crippen molar-refractivity contribution in [1.29, 1.82) is 0 Å². The fourth-order valence-corrected chi connectivity index (χ4v) is 2.06. The van der Waals surface area contributed by atoms with Crippen LogP contribution in [0.1, 0.15) is 24.5 Å². The van der Waals surface area contributed by atoms with E-state index in [1.165, 1.54) is 12.1 Å². The molecule has 134 valence electrons. The molecule has 3 N–H and O–H groups in total. The lowest BCUT2D eigenvalue weighted by Gasteiger charge is -2.14. The second-order valence-corrected chi connectivity index (χ2v) is 5.63. The van der Waals surface area contributed by atoms with Gasteiger partial charge in [-0.15, -0.1) is 0 Å². The van der Waals surface area contributed by atoms with Gasteiger partial charge in [0, 0.05) is 12.1 Å². The Bertz CT molecular complexity index is 544. The maximum atomic E-state index is 12.5. The highest BCUT2D eigenvalue weighted by Gasteiger charge is 2.30. The van der Waals surface area contributed by atoms with Gasteiger partial charge in [-0.25, -0.2) is 0 Å². The van der Waals surface area contributed by atoms with Crippen LogP contribution in [0.3, 0.4) is 0 Å². The van der Waals surface area contributed by atoms with Crippen molar-refractivity contribution in [2.24, 2.45) is 0 Å². The first kappa shape index (κ1) is 20.0. The number of benzene rings is 1. The Balaban J connectivity index is 2.38. The summed E-state index contributed by atoms with van der Waals surface area (Å²) in [4.78, 5) is 23.9. The highest BCUT2D eigenvalue weighted by Crippen LogP contribution is 2.28. The molecule has 8 heteroatoms. The topological polar surface area (TPSA) is 62.6 Å². The average molecular weight is 346 g/mol. The minimum atomic E-state index is -4.35. The number of nitrogens with one attached hydrogen (secondary N) is 3. The molecule has 0 saturated heterocycles. The van der Waals surface area contributed by atoms with Gasteiger partial charge in [-0.3, -0.25) is 9.59 Å². The molecular formula is C16H23F3N3O2+. The molecule has 0 bridgehead atoms. The number of carbonyl (C=O) groups excluding carboxylic acids is 2. The Morgan fingerprint density at radius 1 is 1.08 bits per heavy atom. The number of hydrogen-bond donors (Lipinski definition) is 3. The van der Waals surface area contributed by atoms with Gasteiger partial charge in [0.25, 0.3) is 5.91 Å². The van der Waals surface area contributed by atoms with Crippen LogP contribution in [-0.4, -0.2) is 38.5 Å². The molecule has 1 unspecified atom stereocenters. The van der Waals surface area contributed by atoms with Crippen molar-refractivity contribution in [3.05, 3.63) is 35.4 Å². The van der Waals surface area contributed by atoms with Crippen LogP contribution in [0.15, 0.2) is 24.3 Å². The molecule has 0 saturated carbocycles. The number of likely N-dealkylation sites (N-methyl/N-ethyl adjacent to an activating group) is 1. The lowest BCUT2D eigenvalue weighted by atomic mass is 10.1. The van der Waals surface area contributed by atoms with Crippen molar-refractivity contribution >= 4 is 11.8 Å². The second-order valence-electron chi connectivity index (χ2n) is 5.63. The van der Waals surface area contributed by atoms with E-state index in [1.54, 1.807) is 7.05 Å². The molecule has 0 radical (unpaired) electrons. The third-order valence-corrected chi connectivity index (χ3v) is 3.27. The molecule has 0 aliphatic heterocycles. The SMILES string of the molecule is CCCNC(=O)CNC(=O)C[NH+](C)Cc1ccc(C(F)(F)F)cc1. The van der Waals surface area contributed by atoms with E-state index in [1.807, 2.05) is 6.92 Å². The minimum Gasteiger partial charge on any atom is -0.355 e. The Kier molecular flexibility index (Phi) is 7.70. The molecule has 0 aliphatic carbocycles. The molecule has 0 fully saturated rings. The Labute approximate surface area is 139 Å². The maximum Gasteiger partial charge on any atom is 0.416 e. The highest BCUT2D eigenvalue weighted by atomic mass is 19.4. The molecule has 1 rings (SSSR count). The van der Waals surface area contributed by atoms with Crippen LogP contribution >= 0.6 is 0 Å². The molecule has 0 aromatic heterocycles. The zero-order valence-electron chi connectivity index (χ0n) is 13.8. The first-order valence-electron chi connectivity index (χ1n) is 7.73. The molecule has 1 aromatic rings. The van der Waals surface area contributed by atoms with E-state index in [4.69, 9.17) is 0 Å². The van der Waals surface area contributed by atoms with Crippen LogP contribution in [0.4, 0.5) is 13.2 Å². The zero-order chi connectivity index (χ0) is 18.2. The molecule has 0 heterocycles. The Morgan fingerprint density at radius 3 is 2.25 bits per heavy atom. The number of quaternary nitrogens is 1. The van der Waals surface area contributed by atoms with Gasteiger partial charge in [0.2, 0.25) is 5.91 Å². The third kappa shape index (κ3) is 7.45. The molecule has 5 nitrogen and oxygen atoms in total. The number of amides is 2. The predicted octanol–water partition coefficient (Wildman–Crippen LogP) is 0.363. The van der Waals surface area contributed by atoms with Crippen molar-refractivity contribution < 1.29 is 27.7 Å². The number of carbonyl (C=O) groups is 2. The van der Waals surface area contributed by atoms with Gasteiger partial charge in [-0.2, -0.15) is 13.2 Å². The van der Waals surface area contributed by atoms with Crippen molar-refractivity contribution in [1.82, 2.24) is 10.6 Å². The van der Waals surface area contributed by atoms with Crippen LogP contribution < -0.4 is 15.5 Å². The first-order chi connectivity index (χ1) is 11.2. The summed E-state index contributed by atoms with van der Waals surface area (Å²) in [6, 6.07) is 4.87. The average Bonchev–Trinajstić information content (AvgIpc) is 2.50. The molecule has 1 aromatic carbocycles. The number of halogens is 3. The van der Waals surface area contributed by atoms with E-state index in [-0.39, 0.29) is 24.9 Å². The van der Waals surface area contributed by atoms with Gasteiger partial charge in [-0.1, -0.05) is 19.1 Å². The molecule has 0 aliphatic rings. The Morgan fingerprint density at radius 2 is 1.71 bits per heavy atom. The summed E-state index contributed by atoms with van der Waals surface area (Å²) >= 11 is 0. The quantitative estimate of drug-likeness (QED) is 0.637. The van der Waals surface area contributed by atoms with Crippen LogP contribution in [-0.2, 0) is 22.3 Å².